The summed E-state index contributed by atoms with van der Waals surface area (Å²) in [7, 11) is 0. The summed E-state index contributed by atoms with van der Waals surface area (Å²) in [5, 5.41) is 3.01. The molecule has 4 nitrogen and oxygen atoms in total. The molecule has 0 aromatic heterocycles. The maximum Gasteiger partial charge on any atom is 0.407 e. The average molecular weight is 254 g/mol. The lowest BCUT2D eigenvalue weighted by Gasteiger charge is -2.29. The molecule has 2 rings (SSSR count). The number of hydrogen-bond acceptors (Lipinski definition) is 3. The minimum Gasteiger partial charge on any atom is -0.444 e. The van der Waals surface area contributed by atoms with Gasteiger partial charge in [-0.2, -0.15) is 0 Å². The van der Waals surface area contributed by atoms with Gasteiger partial charge in [-0.05, 0) is 70.8 Å². The van der Waals surface area contributed by atoms with Gasteiger partial charge in [0.1, 0.15) is 5.60 Å². The standard InChI is InChI=1S/C14H26N2O2/c1-13(2,3)18-12(17)16-11-8-14(11)6-4-10(9-15)5-7-14/h10-11H,4-9,15H2,1-3H3,(H,16,17). The molecule has 2 saturated carbocycles. The van der Waals surface area contributed by atoms with E-state index in [0.29, 0.717) is 17.4 Å². The zero-order valence-corrected chi connectivity index (χ0v) is 11.8. The lowest BCUT2D eigenvalue weighted by Crippen LogP contribution is -2.36. The number of alkyl carbamates (subject to hydrolysis) is 1. The Kier molecular flexibility index (Phi) is 3.58. The van der Waals surface area contributed by atoms with Gasteiger partial charge in [0.25, 0.3) is 0 Å². The van der Waals surface area contributed by atoms with E-state index in [-0.39, 0.29) is 6.09 Å². The molecule has 0 aromatic rings. The first kappa shape index (κ1) is 13.7. The van der Waals surface area contributed by atoms with Gasteiger partial charge in [-0.25, -0.2) is 4.79 Å². The summed E-state index contributed by atoms with van der Waals surface area (Å²) < 4.78 is 5.29. The van der Waals surface area contributed by atoms with Crippen molar-refractivity contribution in [2.24, 2.45) is 17.1 Å². The number of nitrogens with one attached hydrogen (secondary N) is 1. The number of hydrogen-bond donors (Lipinski definition) is 2. The molecule has 4 heteroatoms. The van der Waals surface area contributed by atoms with E-state index in [1.54, 1.807) is 0 Å². The van der Waals surface area contributed by atoms with Gasteiger partial charge in [0.15, 0.2) is 0 Å². The fraction of sp³-hybridized carbons (Fsp3) is 0.929. The van der Waals surface area contributed by atoms with Gasteiger partial charge in [0.05, 0.1) is 0 Å². The van der Waals surface area contributed by atoms with Crippen LogP contribution in [0.2, 0.25) is 0 Å². The van der Waals surface area contributed by atoms with Crippen LogP contribution in [0.1, 0.15) is 52.9 Å². The van der Waals surface area contributed by atoms with E-state index in [1.807, 2.05) is 20.8 Å². The summed E-state index contributed by atoms with van der Waals surface area (Å²) in [6.07, 6.45) is 5.67. The molecule has 2 aliphatic carbocycles. The highest BCUT2D eigenvalue weighted by Crippen LogP contribution is 2.57. The lowest BCUT2D eigenvalue weighted by atomic mass is 9.79. The van der Waals surface area contributed by atoms with Crippen LogP contribution in [-0.4, -0.2) is 24.3 Å². The van der Waals surface area contributed by atoms with E-state index in [4.69, 9.17) is 10.5 Å². The van der Waals surface area contributed by atoms with Crippen molar-refractivity contribution in [2.45, 2.75) is 64.5 Å². The molecular formula is C14H26N2O2. The van der Waals surface area contributed by atoms with Crippen molar-refractivity contribution in [1.82, 2.24) is 5.32 Å². The molecule has 18 heavy (non-hydrogen) atoms. The molecular weight excluding hydrogens is 228 g/mol. The van der Waals surface area contributed by atoms with E-state index < -0.39 is 5.60 Å². The van der Waals surface area contributed by atoms with Crippen LogP contribution in [-0.2, 0) is 4.74 Å². The summed E-state index contributed by atoms with van der Waals surface area (Å²) in [5.41, 5.74) is 5.66. The van der Waals surface area contributed by atoms with E-state index >= 15 is 0 Å². The number of rotatable bonds is 2. The van der Waals surface area contributed by atoms with Crippen molar-refractivity contribution in [1.29, 1.82) is 0 Å². The number of ether oxygens (including phenoxy) is 1. The molecule has 1 amide bonds. The van der Waals surface area contributed by atoms with E-state index in [2.05, 4.69) is 5.32 Å². The monoisotopic (exact) mass is 254 g/mol. The first-order valence-electron chi connectivity index (χ1n) is 7.04. The Morgan fingerprint density at radius 1 is 1.39 bits per heavy atom. The van der Waals surface area contributed by atoms with Crippen molar-refractivity contribution in [2.75, 3.05) is 6.54 Å². The molecule has 1 spiro atoms. The van der Waals surface area contributed by atoms with E-state index in [9.17, 15) is 4.79 Å². The summed E-state index contributed by atoms with van der Waals surface area (Å²) in [4.78, 5) is 11.7. The first-order chi connectivity index (χ1) is 8.35. The van der Waals surface area contributed by atoms with Gasteiger partial charge in [0.2, 0.25) is 0 Å². The van der Waals surface area contributed by atoms with Crippen molar-refractivity contribution in [3.05, 3.63) is 0 Å². The molecule has 3 N–H and O–H groups in total. The van der Waals surface area contributed by atoms with Gasteiger partial charge < -0.3 is 15.8 Å². The van der Waals surface area contributed by atoms with Gasteiger partial charge in [-0.3, -0.25) is 0 Å². The maximum absolute atomic E-state index is 11.7. The molecule has 0 aromatic carbocycles. The van der Waals surface area contributed by atoms with Crippen LogP contribution >= 0.6 is 0 Å². The Hall–Kier alpha value is -0.770. The molecule has 0 heterocycles. The molecule has 1 unspecified atom stereocenters. The van der Waals surface area contributed by atoms with Crippen LogP contribution in [0, 0.1) is 11.3 Å². The largest absolute Gasteiger partial charge is 0.444 e. The number of carbonyl (C=O) groups excluding carboxylic acids is 1. The Labute approximate surface area is 110 Å². The van der Waals surface area contributed by atoms with Gasteiger partial charge >= 0.3 is 6.09 Å². The highest BCUT2D eigenvalue weighted by Gasteiger charge is 2.55. The summed E-state index contributed by atoms with van der Waals surface area (Å²) >= 11 is 0. The van der Waals surface area contributed by atoms with Crippen LogP contribution in [0.15, 0.2) is 0 Å². The normalized spacial score (nSPS) is 35.3. The summed E-state index contributed by atoms with van der Waals surface area (Å²) in [6.45, 7) is 6.48. The molecule has 1 atom stereocenters. The third kappa shape index (κ3) is 3.16. The summed E-state index contributed by atoms with van der Waals surface area (Å²) in [6, 6.07) is 0.325. The van der Waals surface area contributed by atoms with Crippen LogP contribution < -0.4 is 11.1 Å². The molecule has 2 fully saturated rings. The zero-order valence-electron chi connectivity index (χ0n) is 11.8. The third-order valence-electron chi connectivity index (χ3n) is 4.31. The molecule has 0 aliphatic heterocycles. The quantitative estimate of drug-likeness (QED) is 0.795. The highest BCUT2D eigenvalue weighted by atomic mass is 16.6. The van der Waals surface area contributed by atoms with Gasteiger partial charge in [0, 0.05) is 6.04 Å². The molecule has 0 saturated heterocycles. The van der Waals surface area contributed by atoms with Crippen molar-refractivity contribution < 1.29 is 9.53 Å². The smallest absolute Gasteiger partial charge is 0.407 e. The van der Waals surface area contributed by atoms with Crippen LogP contribution in [0.25, 0.3) is 0 Å². The second-order valence-electron chi connectivity index (χ2n) is 6.94. The predicted molar refractivity (Wildman–Crippen MR) is 71.2 cm³/mol. The zero-order chi connectivity index (χ0) is 13.4. The third-order valence-corrected chi connectivity index (χ3v) is 4.31. The molecule has 104 valence electrons. The number of nitrogens with two attached hydrogens (primary N) is 1. The Morgan fingerprint density at radius 3 is 2.50 bits per heavy atom. The highest BCUT2D eigenvalue weighted by molar-refractivity contribution is 5.68. The number of amides is 1. The molecule has 2 aliphatic rings. The number of carbonyl (C=O) groups is 1. The van der Waals surface area contributed by atoms with Gasteiger partial charge in [-0.15, -0.1) is 0 Å². The fourth-order valence-electron chi connectivity index (χ4n) is 3.04. The molecule has 0 bridgehead atoms. The summed E-state index contributed by atoms with van der Waals surface area (Å²) in [5.74, 6) is 0.693. The van der Waals surface area contributed by atoms with E-state index in [0.717, 1.165) is 13.0 Å². The van der Waals surface area contributed by atoms with Crippen molar-refractivity contribution in [3.8, 4) is 0 Å². The fourth-order valence-corrected chi connectivity index (χ4v) is 3.04. The topological polar surface area (TPSA) is 64.3 Å². The molecule has 0 radical (unpaired) electrons. The lowest BCUT2D eigenvalue weighted by molar-refractivity contribution is 0.0511. The minimum absolute atomic E-state index is 0.273. The SMILES string of the molecule is CC(C)(C)OC(=O)NC1CC12CCC(CN)CC2. The van der Waals surface area contributed by atoms with Gasteiger partial charge in [-0.1, -0.05) is 0 Å². The van der Waals surface area contributed by atoms with Crippen molar-refractivity contribution in [3.63, 3.8) is 0 Å². The Morgan fingerprint density at radius 2 is 2.00 bits per heavy atom. The van der Waals surface area contributed by atoms with Crippen molar-refractivity contribution >= 4 is 6.09 Å². The average Bonchev–Trinajstić information content (AvgIpc) is 2.89. The second-order valence-corrected chi connectivity index (χ2v) is 6.94. The minimum atomic E-state index is -0.413. The van der Waals surface area contributed by atoms with Crippen LogP contribution in [0.5, 0.6) is 0 Å². The predicted octanol–water partition coefficient (Wildman–Crippen LogP) is 2.42. The second kappa shape index (κ2) is 4.72. The van der Waals surface area contributed by atoms with E-state index in [1.165, 1.54) is 25.7 Å². The Bertz CT molecular complexity index is 314. The maximum atomic E-state index is 11.7. The Balaban J connectivity index is 1.76. The van der Waals surface area contributed by atoms with Crippen LogP contribution in [0.3, 0.4) is 0 Å². The van der Waals surface area contributed by atoms with Crippen LogP contribution in [0.4, 0.5) is 4.79 Å². The first-order valence-corrected chi connectivity index (χ1v) is 7.04.